The molecule has 1 saturated heterocycles. The van der Waals surface area contributed by atoms with Crippen LogP contribution in [0.4, 0.5) is 4.39 Å². The molecule has 4 heterocycles. The highest BCUT2D eigenvalue weighted by Gasteiger charge is 2.46. The molecule has 4 rings (SSSR count). The lowest BCUT2D eigenvalue weighted by atomic mass is 9.97. The molecule has 5 atom stereocenters. The third-order valence-corrected chi connectivity index (χ3v) is 6.02. The lowest BCUT2D eigenvalue weighted by Crippen LogP contribution is -2.54. The second-order valence-electron chi connectivity index (χ2n) is 6.71. The van der Waals surface area contributed by atoms with Crippen LogP contribution in [-0.4, -0.2) is 65.4 Å². The molecule has 3 aromatic rings. The summed E-state index contributed by atoms with van der Waals surface area (Å²) in [6.45, 7) is -0.450. The van der Waals surface area contributed by atoms with Gasteiger partial charge in [-0.05, 0) is 18.2 Å². The number of aliphatic hydroxyl groups excluding tert-OH is 3. The van der Waals surface area contributed by atoms with Crippen LogP contribution in [0.3, 0.4) is 0 Å². The Morgan fingerprint density at radius 3 is 2.77 bits per heavy atom. The summed E-state index contributed by atoms with van der Waals surface area (Å²) in [5.41, 5.74) is 0.0619. The van der Waals surface area contributed by atoms with Crippen LogP contribution in [0, 0.1) is 5.95 Å². The molecule has 8 nitrogen and oxygen atoms in total. The van der Waals surface area contributed by atoms with Gasteiger partial charge < -0.3 is 20.1 Å². The molecule has 0 unspecified atom stereocenters. The van der Waals surface area contributed by atoms with E-state index in [-0.39, 0.29) is 0 Å². The summed E-state index contributed by atoms with van der Waals surface area (Å²) in [7, 11) is 0. The van der Waals surface area contributed by atoms with Crippen LogP contribution in [0.1, 0.15) is 6.04 Å². The average molecular weight is 453 g/mol. The van der Waals surface area contributed by atoms with Crippen molar-refractivity contribution in [3.8, 4) is 11.3 Å². The molecule has 0 saturated carbocycles. The van der Waals surface area contributed by atoms with Gasteiger partial charge in [0.05, 0.1) is 23.5 Å². The number of aromatic nitrogens is 4. The number of thioether (sulfide) groups is 1. The van der Waals surface area contributed by atoms with E-state index in [9.17, 15) is 19.7 Å². The van der Waals surface area contributed by atoms with Crippen LogP contribution in [0.25, 0.3) is 11.3 Å². The lowest BCUT2D eigenvalue weighted by molar-refractivity contribution is -0.178. The third kappa shape index (κ3) is 4.34. The third-order valence-electron chi connectivity index (χ3n) is 4.70. The Bertz CT molecular complexity index is 1030. The van der Waals surface area contributed by atoms with Crippen LogP contribution in [0.2, 0.25) is 5.02 Å². The molecule has 0 aliphatic carbocycles. The van der Waals surface area contributed by atoms with E-state index in [1.807, 2.05) is 0 Å². The van der Waals surface area contributed by atoms with Gasteiger partial charge in [-0.3, -0.25) is 9.67 Å². The van der Waals surface area contributed by atoms with Crippen molar-refractivity contribution >= 4 is 23.4 Å². The predicted molar refractivity (Wildman–Crippen MR) is 107 cm³/mol. The summed E-state index contributed by atoms with van der Waals surface area (Å²) >= 11 is 7.14. The van der Waals surface area contributed by atoms with Gasteiger partial charge in [-0.2, -0.15) is 9.49 Å². The fourth-order valence-corrected chi connectivity index (χ4v) is 4.59. The van der Waals surface area contributed by atoms with Gasteiger partial charge >= 0.3 is 0 Å². The van der Waals surface area contributed by atoms with Crippen LogP contribution in [-0.2, 0) is 4.74 Å². The molecule has 0 amide bonds. The number of halogens is 2. The van der Waals surface area contributed by atoms with Gasteiger partial charge in [0.2, 0.25) is 5.95 Å². The number of nitrogens with zero attached hydrogens (tertiary/aromatic N) is 4. The van der Waals surface area contributed by atoms with Crippen LogP contribution >= 0.6 is 23.4 Å². The fourth-order valence-electron chi connectivity index (χ4n) is 3.27. The Labute approximate surface area is 180 Å². The van der Waals surface area contributed by atoms with Crippen molar-refractivity contribution in [2.75, 3.05) is 6.61 Å². The highest BCUT2D eigenvalue weighted by Crippen LogP contribution is 2.38. The number of hydrogen-bond acceptors (Lipinski definition) is 8. The van der Waals surface area contributed by atoms with E-state index >= 15 is 0 Å². The number of pyridine rings is 2. The number of rotatable bonds is 5. The first-order valence-electron chi connectivity index (χ1n) is 9.03. The molecule has 0 bridgehead atoms. The van der Waals surface area contributed by atoms with Crippen molar-refractivity contribution < 1.29 is 24.4 Å². The van der Waals surface area contributed by atoms with E-state index < -0.39 is 42.3 Å². The van der Waals surface area contributed by atoms with Gasteiger partial charge in [-0.1, -0.05) is 29.4 Å². The van der Waals surface area contributed by atoms with Crippen molar-refractivity contribution in [1.82, 2.24) is 19.7 Å². The summed E-state index contributed by atoms with van der Waals surface area (Å²) in [6.07, 6.45) is 2.73. The second kappa shape index (κ2) is 8.96. The molecule has 30 heavy (non-hydrogen) atoms. The molecule has 1 aliphatic rings. The molecule has 158 valence electrons. The molecule has 3 N–H and O–H groups in total. The Kier molecular flexibility index (Phi) is 6.32. The van der Waals surface area contributed by atoms with Gasteiger partial charge in [0.15, 0.2) is 0 Å². The van der Waals surface area contributed by atoms with Gasteiger partial charge in [0.1, 0.15) is 29.8 Å². The molecule has 1 aliphatic heterocycles. The highest BCUT2D eigenvalue weighted by molar-refractivity contribution is 7.99. The maximum absolute atomic E-state index is 13.4. The first-order valence-corrected chi connectivity index (χ1v) is 10.3. The SMILES string of the molecule is OC[C@H]1O[C@H](Sc2cncc(Cl)c2)[C@H](O)[C@@H](n2cc(-c3cccc(F)n3)cn2)[C@H]1O. The monoisotopic (exact) mass is 452 g/mol. The zero-order valence-electron chi connectivity index (χ0n) is 15.4. The molecule has 0 aromatic carbocycles. The van der Waals surface area contributed by atoms with Crippen molar-refractivity contribution in [3.63, 3.8) is 0 Å². The first-order chi connectivity index (χ1) is 14.5. The average Bonchev–Trinajstić information content (AvgIpc) is 3.20. The van der Waals surface area contributed by atoms with Crippen molar-refractivity contribution in [2.24, 2.45) is 0 Å². The summed E-state index contributed by atoms with van der Waals surface area (Å²) in [5, 5.41) is 35.9. The Morgan fingerprint density at radius 1 is 1.20 bits per heavy atom. The molecule has 3 aromatic heterocycles. The topological polar surface area (TPSA) is 114 Å². The normalized spacial score (nSPS) is 26.6. The predicted octanol–water partition coefficient (Wildman–Crippen LogP) is 1.90. The Hall–Kier alpha value is -2.08. The quantitative estimate of drug-likeness (QED) is 0.503. The number of aliphatic hydroxyl groups is 3. The molecular weight excluding hydrogens is 435 g/mol. The summed E-state index contributed by atoms with van der Waals surface area (Å²) in [5.74, 6) is -0.627. The van der Waals surface area contributed by atoms with Crippen molar-refractivity contribution in [1.29, 1.82) is 0 Å². The lowest BCUT2D eigenvalue weighted by Gasteiger charge is -2.42. The maximum atomic E-state index is 13.4. The van der Waals surface area contributed by atoms with Crippen LogP contribution < -0.4 is 0 Å². The molecule has 1 fully saturated rings. The Morgan fingerprint density at radius 2 is 2.03 bits per heavy atom. The molecular formula is C19H18ClFN4O4S. The Balaban J connectivity index is 1.62. The second-order valence-corrected chi connectivity index (χ2v) is 8.32. The van der Waals surface area contributed by atoms with Gasteiger partial charge in [0.25, 0.3) is 0 Å². The summed E-state index contributed by atoms with van der Waals surface area (Å²) < 4.78 is 20.5. The van der Waals surface area contributed by atoms with E-state index in [0.717, 1.165) is 0 Å². The van der Waals surface area contributed by atoms with E-state index in [1.54, 1.807) is 24.5 Å². The minimum atomic E-state index is -1.23. The molecule has 0 radical (unpaired) electrons. The van der Waals surface area contributed by atoms with Crippen molar-refractivity contribution in [3.05, 3.63) is 60.0 Å². The highest BCUT2D eigenvalue weighted by atomic mass is 35.5. The smallest absolute Gasteiger partial charge is 0.213 e. The van der Waals surface area contributed by atoms with Gasteiger partial charge in [-0.25, -0.2) is 4.98 Å². The van der Waals surface area contributed by atoms with Crippen LogP contribution in [0.15, 0.2) is 53.9 Å². The summed E-state index contributed by atoms with van der Waals surface area (Å²) in [6, 6.07) is 5.15. The van der Waals surface area contributed by atoms with Crippen molar-refractivity contribution in [2.45, 2.75) is 34.7 Å². The molecule has 11 heteroatoms. The first kappa shape index (κ1) is 21.2. The number of ether oxygens (including phenoxy) is 1. The van der Waals surface area contributed by atoms with E-state index in [1.165, 1.54) is 41.0 Å². The van der Waals surface area contributed by atoms with Crippen LogP contribution in [0.5, 0.6) is 0 Å². The standard InChI is InChI=1S/C19H18ClFN4O4S/c20-11-4-12(7-22-6-11)30-19-18(28)16(17(27)14(9-26)29-19)25-8-10(5-23-25)13-2-1-3-15(21)24-13/h1-8,14,16-19,26-28H,9H2/t14-,16+,17+,18-,19-/m1/s1. The largest absolute Gasteiger partial charge is 0.394 e. The minimum absolute atomic E-state index is 0.368. The maximum Gasteiger partial charge on any atom is 0.213 e. The van der Waals surface area contributed by atoms with E-state index in [2.05, 4.69) is 15.1 Å². The number of hydrogen-bond donors (Lipinski definition) is 3. The van der Waals surface area contributed by atoms with E-state index in [0.29, 0.717) is 21.2 Å². The minimum Gasteiger partial charge on any atom is -0.394 e. The van der Waals surface area contributed by atoms with Gasteiger partial charge in [-0.15, -0.1) is 0 Å². The fraction of sp³-hybridized carbons (Fsp3) is 0.316. The summed E-state index contributed by atoms with van der Waals surface area (Å²) in [4.78, 5) is 8.48. The molecule has 0 spiro atoms. The zero-order valence-corrected chi connectivity index (χ0v) is 17.0. The van der Waals surface area contributed by atoms with Gasteiger partial charge in [0, 0.05) is 29.0 Å². The van der Waals surface area contributed by atoms with E-state index in [4.69, 9.17) is 16.3 Å². The zero-order chi connectivity index (χ0) is 21.3.